The molecule has 5 aromatic carbocycles. The molecular formula is C42H44O8. The molecule has 0 aromatic heterocycles. The molecule has 0 radical (unpaired) electrons. The molecule has 0 aliphatic carbocycles. The summed E-state index contributed by atoms with van der Waals surface area (Å²) < 4.78 is 47.7. The summed E-state index contributed by atoms with van der Waals surface area (Å²) in [4.78, 5) is 0. The van der Waals surface area contributed by atoms with Crippen molar-refractivity contribution in [2.24, 2.45) is 0 Å². The molecule has 50 heavy (non-hydrogen) atoms. The zero-order valence-electron chi connectivity index (χ0n) is 28.3. The van der Waals surface area contributed by atoms with Gasteiger partial charge in [0, 0.05) is 11.1 Å². The van der Waals surface area contributed by atoms with Crippen LogP contribution in [0.4, 0.5) is 0 Å². The maximum Gasteiger partial charge on any atom is 0.161 e. The van der Waals surface area contributed by atoms with Crippen molar-refractivity contribution < 1.29 is 37.9 Å². The highest BCUT2D eigenvalue weighted by Crippen LogP contribution is 2.41. The summed E-state index contributed by atoms with van der Waals surface area (Å²) in [7, 11) is 0. The van der Waals surface area contributed by atoms with Gasteiger partial charge in [0.25, 0.3) is 0 Å². The summed E-state index contributed by atoms with van der Waals surface area (Å²) in [6.45, 7) is 5.04. The highest BCUT2D eigenvalue weighted by atomic mass is 16.6. The van der Waals surface area contributed by atoms with Crippen LogP contribution in [0.5, 0.6) is 23.0 Å². The van der Waals surface area contributed by atoms with Gasteiger partial charge in [0.2, 0.25) is 0 Å². The molecule has 1 heterocycles. The molecule has 5 aromatic rings. The van der Waals surface area contributed by atoms with E-state index in [0.29, 0.717) is 90.8 Å². The molecule has 260 valence electrons. The van der Waals surface area contributed by atoms with Gasteiger partial charge in [-0.15, -0.1) is 0 Å². The van der Waals surface area contributed by atoms with E-state index in [9.17, 15) is 0 Å². The second-order valence-electron chi connectivity index (χ2n) is 11.4. The summed E-state index contributed by atoms with van der Waals surface area (Å²) in [5.41, 5.74) is 6.27. The first-order valence-electron chi connectivity index (χ1n) is 17.2. The van der Waals surface area contributed by atoms with Gasteiger partial charge in [-0.1, -0.05) is 84.9 Å². The van der Waals surface area contributed by atoms with Crippen molar-refractivity contribution in [3.63, 3.8) is 0 Å². The molecule has 0 spiro atoms. The zero-order valence-corrected chi connectivity index (χ0v) is 28.3. The van der Waals surface area contributed by atoms with Crippen LogP contribution in [0.2, 0.25) is 0 Å². The van der Waals surface area contributed by atoms with E-state index in [2.05, 4.69) is 48.5 Å². The zero-order chi connectivity index (χ0) is 34.1. The van der Waals surface area contributed by atoms with Crippen LogP contribution in [0.15, 0.2) is 121 Å². The summed E-state index contributed by atoms with van der Waals surface area (Å²) in [6.07, 6.45) is 0. The van der Waals surface area contributed by atoms with Crippen LogP contribution in [-0.4, -0.2) is 79.3 Å². The van der Waals surface area contributed by atoms with E-state index in [4.69, 9.17) is 37.9 Å². The lowest BCUT2D eigenvalue weighted by atomic mass is 9.94. The van der Waals surface area contributed by atoms with Crippen molar-refractivity contribution in [1.29, 1.82) is 0 Å². The monoisotopic (exact) mass is 676 g/mol. The van der Waals surface area contributed by atoms with Crippen molar-refractivity contribution in [3.8, 4) is 56.4 Å². The molecule has 0 N–H and O–H groups in total. The van der Waals surface area contributed by atoms with E-state index in [1.807, 2.05) is 72.8 Å². The van der Waals surface area contributed by atoms with Gasteiger partial charge in [0.1, 0.15) is 37.9 Å². The summed E-state index contributed by atoms with van der Waals surface area (Å²) in [6, 6.07) is 40.8. The topological polar surface area (TPSA) is 73.8 Å². The van der Waals surface area contributed by atoms with E-state index in [1.54, 1.807) is 0 Å². The first-order chi connectivity index (χ1) is 24.8. The second kappa shape index (κ2) is 19.4. The number of hydrogen-bond acceptors (Lipinski definition) is 8. The van der Waals surface area contributed by atoms with Gasteiger partial charge in [-0.05, 0) is 58.7 Å². The number of fused-ring (bicyclic) bond motifs is 4. The molecule has 8 heteroatoms. The van der Waals surface area contributed by atoms with Gasteiger partial charge in [-0.3, -0.25) is 0 Å². The van der Waals surface area contributed by atoms with Crippen LogP contribution in [0.1, 0.15) is 0 Å². The Morgan fingerprint density at radius 1 is 0.260 bits per heavy atom. The van der Waals surface area contributed by atoms with Crippen LogP contribution < -0.4 is 18.9 Å². The van der Waals surface area contributed by atoms with E-state index in [0.717, 1.165) is 44.9 Å². The van der Waals surface area contributed by atoms with Crippen LogP contribution in [-0.2, 0) is 18.9 Å². The fraction of sp³-hybridized carbons (Fsp3) is 0.286. The van der Waals surface area contributed by atoms with E-state index < -0.39 is 0 Å². The Bertz CT molecular complexity index is 1600. The van der Waals surface area contributed by atoms with Gasteiger partial charge in [0.15, 0.2) is 11.5 Å². The van der Waals surface area contributed by atoms with Crippen molar-refractivity contribution in [2.45, 2.75) is 0 Å². The normalized spacial score (nSPS) is 15.8. The molecule has 0 unspecified atom stereocenters. The predicted molar refractivity (Wildman–Crippen MR) is 194 cm³/mol. The highest BCUT2D eigenvalue weighted by molar-refractivity contribution is 5.84. The minimum absolute atomic E-state index is 0.377. The quantitative estimate of drug-likeness (QED) is 0.186. The van der Waals surface area contributed by atoms with E-state index in [1.165, 1.54) is 0 Å². The minimum atomic E-state index is 0.377. The Morgan fingerprint density at radius 2 is 0.580 bits per heavy atom. The van der Waals surface area contributed by atoms with E-state index in [-0.39, 0.29) is 0 Å². The van der Waals surface area contributed by atoms with Gasteiger partial charge in [0.05, 0.1) is 52.9 Å². The average molecular weight is 677 g/mol. The smallest absolute Gasteiger partial charge is 0.161 e. The third-order valence-electron chi connectivity index (χ3n) is 8.00. The molecule has 6 rings (SSSR count). The summed E-state index contributed by atoms with van der Waals surface area (Å²) in [5.74, 6) is 2.83. The standard InChI is InChI=1S/C42H44O8/c1-3-9-33(10-4-1)35-15-17-39-37(31-35)38-32-36(34-11-5-2-6-12-34)16-18-40(38)48-28-24-44-20-22-46-26-30-50-42-14-8-7-13-41(42)49-29-25-45-21-19-43-23-27-47-39/h1-18,31-32H,19-30H2. The van der Waals surface area contributed by atoms with Gasteiger partial charge in [-0.25, -0.2) is 0 Å². The second-order valence-corrected chi connectivity index (χ2v) is 11.4. The first-order valence-corrected chi connectivity index (χ1v) is 17.2. The molecule has 0 bridgehead atoms. The third kappa shape index (κ3) is 10.3. The molecule has 0 saturated carbocycles. The largest absolute Gasteiger partial charge is 0.491 e. The van der Waals surface area contributed by atoms with Crippen LogP contribution in [0, 0.1) is 0 Å². The molecule has 8 nitrogen and oxygen atoms in total. The maximum absolute atomic E-state index is 6.38. The minimum Gasteiger partial charge on any atom is -0.491 e. The molecule has 0 atom stereocenters. The molecule has 0 fully saturated rings. The fourth-order valence-corrected chi connectivity index (χ4v) is 5.53. The lowest BCUT2D eigenvalue weighted by molar-refractivity contribution is 0.0246. The number of benzene rings is 5. The highest BCUT2D eigenvalue weighted by Gasteiger charge is 2.16. The Balaban J connectivity index is 1.20. The van der Waals surface area contributed by atoms with Gasteiger partial charge >= 0.3 is 0 Å². The molecule has 1 aliphatic rings. The Morgan fingerprint density at radius 3 is 0.960 bits per heavy atom. The molecule has 0 saturated heterocycles. The molecular weight excluding hydrogens is 632 g/mol. The SMILES string of the molecule is c1ccc(-c2ccc3c(c2)-c2cc(-c4ccccc4)ccc2OCCOCCOCCOc2ccccc2OCCOCCOCCO3)cc1. The maximum atomic E-state index is 6.38. The van der Waals surface area contributed by atoms with Crippen molar-refractivity contribution in [1.82, 2.24) is 0 Å². The first kappa shape index (κ1) is 35.0. The van der Waals surface area contributed by atoms with Crippen LogP contribution in [0.25, 0.3) is 33.4 Å². The number of rotatable bonds is 2. The average Bonchev–Trinajstić information content (AvgIpc) is 3.17. The molecule has 1 aliphatic heterocycles. The van der Waals surface area contributed by atoms with Gasteiger partial charge < -0.3 is 37.9 Å². The number of ether oxygens (including phenoxy) is 8. The lowest BCUT2D eigenvalue weighted by Crippen LogP contribution is -2.15. The van der Waals surface area contributed by atoms with Gasteiger partial charge in [-0.2, -0.15) is 0 Å². The number of para-hydroxylation sites is 2. The van der Waals surface area contributed by atoms with Crippen molar-refractivity contribution in [2.75, 3.05) is 79.3 Å². The van der Waals surface area contributed by atoms with Crippen molar-refractivity contribution >= 4 is 0 Å². The summed E-state index contributed by atoms with van der Waals surface area (Å²) >= 11 is 0. The lowest BCUT2D eigenvalue weighted by Gasteiger charge is -2.18. The number of hydrogen-bond donors (Lipinski definition) is 0. The molecule has 0 amide bonds. The van der Waals surface area contributed by atoms with E-state index >= 15 is 0 Å². The Kier molecular flexibility index (Phi) is 13.5. The Hall–Kier alpha value is -4.86. The summed E-state index contributed by atoms with van der Waals surface area (Å²) in [5, 5.41) is 0. The fourth-order valence-electron chi connectivity index (χ4n) is 5.53. The van der Waals surface area contributed by atoms with Crippen molar-refractivity contribution in [3.05, 3.63) is 121 Å². The third-order valence-corrected chi connectivity index (χ3v) is 8.00. The Labute approximate surface area is 294 Å². The van der Waals surface area contributed by atoms with Crippen LogP contribution in [0.3, 0.4) is 0 Å². The predicted octanol–water partition coefficient (Wildman–Crippen LogP) is 7.98. The van der Waals surface area contributed by atoms with Crippen LogP contribution >= 0.6 is 0 Å².